The summed E-state index contributed by atoms with van der Waals surface area (Å²) in [5.74, 6) is 1.02. The van der Waals surface area contributed by atoms with Gasteiger partial charge in [0.25, 0.3) is 0 Å². The van der Waals surface area contributed by atoms with Crippen molar-refractivity contribution < 1.29 is 4.79 Å². The van der Waals surface area contributed by atoms with E-state index in [4.69, 9.17) is 0 Å². The van der Waals surface area contributed by atoms with E-state index in [9.17, 15) is 4.79 Å². The molecule has 1 aliphatic rings. The van der Waals surface area contributed by atoms with Gasteiger partial charge in [0, 0.05) is 56.1 Å². The number of guanidine groups is 1. The van der Waals surface area contributed by atoms with E-state index in [0.29, 0.717) is 25.6 Å². The molecule has 2 N–H and O–H groups in total. The van der Waals surface area contributed by atoms with E-state index in [1.165, 1.54) is 11.3 Å². The highest BCUT2D eigenvalue weighted by Gasteiger charge is 2.22. The van der Waals surface area contributed by atoms with Crippen LogP contribution in [0.15, 0.2) is 11.2 Å². The minimum absolute atomic E-state index is 0. The molecule has 1 unspecified atom stereocenters. The Hall–Kier alpha value is -0.900. The molecular weight excluding hydrogens is 461 g/mol. The topological polar surface area (TPSA) is 69.6 Å². The second kappa shape index (κ2) is 12.5. The summed E-state index contributed by atoms with van der Waals surface area (Å²) in [7, 11) is 0. The summed E-state index contributed by atoms with van der Waals surface area (Å²) < 4.78 is 0. The van der Waals surface area contributed by atoms with E-state index in [1.807, 2.05) is 18.0 Å². The number of hydrogen-bond acceptors (Lipinski definition) is 4. The van der Waals surface area contributed by atoms with Crippen LogP contribution in [0.4, 0.5) is 0 Å². The van der Waals surface area contributed by atoms with Gasteiger partial charge in [-0.15, -0.1) is 35.3 Å². The first-order chi connectivity index (χ1) is 12.1. The third-order valence-electron chi connectivity index (χ3n) is 4.36. The summed E-state index contributed by atoms with van der Waals surface area (Å²) >= 11 is 1.72. The maximum atomic E-state index is 12.4. The Balaban J connectivity index is 0.00000338. The van der Waals surface area contributed by atoms with Crippen LogP contribution in [0.1, 0.15) is 49.4 Å². The zero-order valence-corrected chi connectivity index (χ0v) is 19.2. The normalized spacial score (nSPS) is 17.6. The summed E-state index contributed by atoms with van der Waals surface area (Å²) in [6, 6.07) is 0.380. The predicted molar refractivity (Wildman–Crippen MR) is 120 cm³/mol. The average molecular weight is 493 g/mol. The van der Waals surface area contributed by atoms with Crippen molar-refractivity contribution in [1.82, 2.24) is 20.5 Å². The Morgan fingerprint density at radius 2 is 2.23 bits per heavy atom. The Bertz CT molecular complexity index is 578. The molecule has 1 amide bonds. The Labute approximate surface area is 178 Å². The van der Waals surface area contributed by atoms with Gasteiger partial charge >= 0.3 is 0 Å². The number of aryl methyl sites for hydroxylation is 1. The summed E-state index contributed by atoms with van der Waals surface area (Å²) in [6.07, 6.45) is 6.75. The molecule has 2 rings (SSSR count). The van der Waals surface area contributed by atoms with Gasteiger partial charge in [-0.2, -0.15) is 0 Å². The third kappa shape index (κ3) is 7.77. The first-order valence-electron chi connectivity index (χ1n) is 9.33. The van der Waals surface area contributed by atoms with E-state index < -0.39 is 0 Å². The van der Waals surface area contributed by atoms with Crippen LogP contribution in [0.5, 0.6) is 0 Å². The molecule has 0 spiro atoms. The van der Waals surface area contributed by atoms with Gasteiger partial charge in [0.05, 0.1) is 5.01 Å². The number of nitrogens with one attached hydrogen (secondary N) is 2. The number of amides is 1. The Kier molecular flexibility index (Phi) is 11.1. The molecule has 26 heavy (non-hydrogen) atoms. The maximum absolute atomic E-state index is 12.4. The van der Waals surface area contributed by atoms with Gasteiger partial charge < -0.3 is 15.5 Å². The number of rotatable bonds is 7. The molecule has 6 nitrogen and oxygen atoms in total. The van der Waals surface area contributed by atoms with E-state index >= 15 is 0 Å². The molecule has 1 fully saturated rings. The molecule has 0 radical (unpaired) electrons. The van der Waals surface area contributed by atoms with Gasteiger partial charge in [0.1, 0.15) is 0 Å². The van der Waals surface area contributed by atoms with Crippen LogP contribution >= 0.6 is 35.3 Å². The lowest BCUT2D eigenvalue weighted by molar-refractivity contribution is -0.134. The van der Waals surface area contributed by atoms with E-state index in [0.717, 1.165) is 43.3 Å². The van der Waals surface area contributed by atoms with Crippen molar-refractivity contribution in [3.05, 3.63) is 16.1 Å². The monoisotopic (exact) mass is 493 g/mol. The molecular formula is C18H32IN5OS. The predicted octanol–water partition coefficient (Wildman–Crippen LogP) is 2.96. The van der Waals surface area contributed by atoms with Crippen LogP contribution in [-0.4, -0.2) is 54.0 Å². The molecule has 1 aromatic heterocycles. The maximum Gasteiger partial charge on any atom is 0.224 e. The van der Waals surface area contributed by atoms with Crippen LogP contribution in [-0.2, 0) is 11.2 Å². The number of aliphatic imine (C=N–C) groups is 1. The van der Waals surface area contributed by atoms with Gasteiger partial charge in [-0.25, -0.2) is 4.98 Å². The second-order valence-corrected chi connectivity index (χ2v) is 7.80. The molecule has 1 saturated heterocycles. The highest BCUT2D eigenvalue weighted by molar-refractivity contribution is 14.0. The number of halogens is 1. The Morgan fingerprint density at radius 1 is 1.42 bits per heavy atom. The minimum Gasteiger partial charge on any atom is -0.357 e. The molecule has 8 heteroatoms. The lowest BCUT2D eigenvalue weighted by atomic mass is 10.0. The summed E-state index contributed by atoms with van der Waals surface area (Å²) in [4.78, 5) is 24.6. The summed E-state index contributed by atoms with van der Waals surface area (Å²) in [5.41, 5.74) is 0. The summed E-state index contributed by atoms with van der Waals surface area (Å²) in [5, 5.41) is 7.62. The number of likely N-dealkylation sites (tertiary alicyclic amines) is 1. The molecule has 0 saturated carbocycles. The largest absolute Gasteiger partial charge is 0.357 e. The SMILES string of the molecule is CCNC(=NCCc1ncc(C)s1)NCCC(=O)N1CCCCC1C.I. The number of aromatic nitrogens is 1. The molecule has 0 bridgehead atoms. The fourth-order valence-corrected chi connectivity index (χ4v) is 3.80. The van der Waals surface area contributed by atoms with E-state index in [-0.39, 0.29) is 29.9 Å². The minimum atomic E-state index is 0. The standard InChI is InChI=1S/C18H31N5OS.HI/c1-4-19-18(20-10-8-16-22-13-15(3)25-16)21-11-9-17(24)23-12-6-5-7-14(23)2;/h13-14H,4-12H2,1-3H3,(H2,19,20,21);1H. The van der Waals surface area contributed by atoms with Crippen molar-refractivity contribution in [3.8, 4) is 0 Å². The molecule has 0 aliphatic carbocycles. The van der Waals surface area contributed by atoms with Crippen molar-refractivity contribution in [2.45, 2.75) is 58.9 Å². The van der Waals surface area contributed by atoms with Gasteiger partial charge in [0.2, 0.25) is 5.91 Å². The van der Waals surface area contributed by atoms with Gasteiger partial charge in [-0.1, -0.05) is 0 Å². The number of hydrogen-bond donors (Lipinski definition) is 2. The van der Waals surface area contributed by atoms with Gasteiger partial charge in [0.15, 0.2) is 5.96 Å². The molecule has 1 aromatic rings. The zero-order valence-electron chi connectivity index (χ0n) is 16.1. The van der Waals surface area contributed by atoms with Gasteiger partial charge in [-0.3, -0.25) is 9.79 Å². The molecule has 0 aromatic carbocycles. The number of thiazole rings is 1. The smallest absolute Gasteiger partial charge is 0.224 e. The van der Waals surface area contributed by atoms with Crippen molar-refractivity contribution in [2.75, 3.05) is 26.2 Å². The fraction of sp³-hybridized carbons (Fsp3) is 0.722. The molecule has 148 valence electrons. The van der Waals surface area contributed by atoms with Gasteiger partial charge in [-0.05, 0) is 40.0 Å². The number of carbonyl (C=O) groups excluding carboxylic acids is 1. The quantitative estimate of drug-likeness (QED) is 0.348. The number of piperidine rings is 1. The first kappa shape index (κ1) is 23.1. The molecule has 2 heterocycles. The highest BCUT2D eigenvalue weighted by atomic mass is 127. The van der Waals surface area contributed by atoms with E-state index in [1.54, 1.807) is 11.3 Å². The van der Waals surface area contributed by atoms with Crippen LogP contribution in [0.3, 0.4) is 0 Å². The molecule has 1 aliphatic heterocycles. The van der Waals surface area contributed by atoms with Crippen LogP contribution in [0.2, 0.25) is 0 Å². The third-order valence-corrected chi connectivity index (χ3v) is 5.34. The van der Waals surface area contributed by atoms with Crippen LogP contribution in [0, 0.1) is 6.92 Å². The first-order valence-corrected chi connectivity index (χ1v) is 10.1. The van der Waals surface area contributed by atoms with Crippen molar-refractivity contribution in [3.63, 3.8) is 0 Å². The lowest BCUT2D eigenvalue weighted by Crippen LogP contribution is -2.44. The zero-order chi connectivity index (χ0) is 18.1. The van der Waals surface area contributed by atoms with Crippen molar-refractivity contribution >= 4 is 47.2 Å². The van der Waals surface area contributed by atoms with E-state index in [2.05, 4.69) is 34.5 Å². The molecule has 1 atom stereocenters. The summed E-state index contributed by atoms with van der Waals surface area (Å²) in [6.45, 7) is 9.28. The van der Waals surface area contributed by atoms with Crippen LogP contribution in [0.25, 0.3) is 0 Å². The van der Waals surface area contributed by atoms with Crippen LogP contribution < -0.4 is 10.6 Å². The highest BCUT2D eigenvalue weighted by Crippen LogP contribution is 2.17. The Morgan fingerprint density at radius 3 is 2.88 bits per heavy atom. The van der Waals surface area contributed by atoms with Crippen molar-refractivity contribution in [2.24, 2.45) is 4.99 Å². The average Bonchev–Trinajstić information content (AvgIpc) is 3.00. The number of carbonyl (C=O) groups is 1. The van der Waals surface area contributed by atoms with Crippen molar-refractivity contribution in [1.29, 1.82) is 0 Å². The fourth-order valence-electron chi connectivity index (χ4n) is 3.02. The number of nitrogens with zero attached hydrogens (tertiary/aromatic N) is 3. The second-order valence-electron chi connectivity index (χ2n) is 6.48. The lowest BCUT2D eigenvalue weighted by Gasteiger charge is -2.33.